The number of rotatable bonds is 12. The number of nitrogens with one attached hydrogen (secondary N) is 1. The second-order valence-electron chi connectivity index (χ2n) is 18.5. The predicted molar refractivity (Wildman–Crippen MR) is 253 cm³/mol. The lowest BCUT2D eigenvalue weighted by Gasteiger charge is -2.37. The van der Waals surface area contributed by atoms with Crippen molar-refractivity contribution in [2.75, 3.05) is 44.2 Å². The largest absolute Gasteiger partial charge is 0.493 e. The molecule has 2 fully saturated rings. The summed E-state index contributed by atoms with van der Waals surface area (Å²) in [5, 5.41) is 9.96. The number of fused-ring (bicyclic) bond motifs is 3. The number of piperazine rings is 1. The number of hydrogen-bond donors (Lipinski definition) is 1. The number of halogens is 2. The van der Waals surface area contributed by atoms with Gasteiger partial charge in [-0.15, -0.1) is 0 Å². The topological polar surface area (TPSA) is 148 Å². The van der Waals surface area contributed by atoms with Crippen LogP contribution in [0.15, 0.2) is 66.7 Å². The van der Waals surface area contributed by atoms with Crippen molar-refractivity contribution >= 4 is 68.6 Å². The average molecular weight is 930 g/mol. The van der Waals surface area contributed by atoms with Crippen molar-refractivity contribution in [2.45, 2.75) is 78.5 Å². The summed E-state index contributed by atoms with van der Waals surface area (Å²) in [6, 6.07) is 18.2. The first kappa shape index (κ1) is 45.6. The van der Waals surface area contributed by atoms with E-state index >= 15 is 0 Å². The highest BCUT2D eigenvalue weighted by Gasteiger charge is 2.46. The van der Waals surface area contributed by atoms with Gasteiger partial charge in [-0.3, -0.25) is 39.0 Å². The molecule has 6 aromatic rings. The summed E-state index contributed by atoms with van der Waals surface area (Å²) in [5.41, 5.74) is 5.81. The molecule has 3 aliphatic heterocycles. The second kappa shape index (κ2) is 17.9. The van der Waals surface area contributed by atoms with E-state index in [9.17, 15) is 28.4 Å². The molecular weight excluding hydrogens is 877 g/mol. The molecule has 2 aromatic heterocycles. The van der Waals surface area contributed by atoms with E-state index in [0.717, 1.165) is 54.7 Å². The van der Waals surface area contributed by atoms with Gasteiger partial charge in [0.25, 0.3) is 11.8 Å². The molecule has 4 aromatic carbocycles. The number of imide groups is 2. The standard InChI is InChI=1S/C51H53ClFN7O7/c1-29-42(30(2)56(6)55-29)44-37(52)18-17-35-34(12-9-27-66-40-14-7-10-31-28-32(53)15-16-33(31)40)46(50(65)67-51(3,4)5)59(45(35)44)26-23-57-21-24-58(25-22-57)38-13-8-11-36-43(38)49(64)60(48(36)63)39-19-20-41(61)54-47(39)62/h7-8,10-11,13-18,28,39H,9,12,19-27H2,1-6H3,(H,54,61,62). The number of aryl methyl sites for hydroxylation is 3. The van der Waals surface area contributed by atoms with Gasteiger partial charge in [-0.25, -0.2) is 9.18 Å². The fourth-order valence-corrected chi connectivity index (χ4v) is 10.1. The van der Waals surface area contributed by atoms with Crippen LogP contribution < -0.4 is 15.0 Å². The molecule has 1 atom stereocenters. The lowest BCUT2D eigenvalue weighted by molar-refractivity contribution is -0.136. The molecule has 2 saturated heterocycles. The van der Waals surface area contributed by atoms with Crippen molar-refractivity contribution in [2.24, 2.45) is 7.05 Å². The minimum Gasteiger partial charge on any atom is -0.493 e. The van der Waals surface area contributed by atoms with Gasteiger partial charge in [0.15, 0.2) is 0 Å². The first-order valence-electron chi connectivity index (χ1n) is 22.7. The quantitative estimate of drug-likeness (QED) is 0.0733. The van der Waals surface area contributed by atoms with Crippen molar-refractivity contribution < 1.29 is 37.8 Å². The fraction of sp³-hybridized carbons (Fsp3) is 0.373. The van der Waals surface area contributed by atoms with Crippen LogP contribution in [0.4, 0.5) is 10.1 Å². The Morgan fingerprint density at radius 2 is 1.64 bits per heavy atom. The molecule has 1 unspecified atom stereocenters. The Morgan fingerprint density at radius 1 is 0.896 bits per heavy atom. The number of amides is 4. The number of carbonyl (C=O) groups is 5. The molecule has 16 heteroatoms. The number of benzene rings is 4. The van der Waals surface area contributed by atoms with Gasteiger partial charge in [0.05, 0.1) is 39.7 Å². The van der Waals surface area contributed by atoms with Crippen LogP contribution in [-0.2, 0) is 34.3 Å². The Labute approximate surface area is 392 Å². The third-order valence-corrected chi connectivity index (χ3v) is 13.4. The molecule has 5 heterocycles. The van der Waals surface area contributed by atoms with Gasteiger partial charge in [-0.1, -0.05) is 35.9 Å². The van der Waals surface area contributed by atoms with Gasteiger partial charge in [0.2, 0.25) is 11.8 Å². The van der Waals surface area contributed by atoms with Gasteiger partial charge < -0.3 is 18.9 Å². The van der Waals surface area contributed by atoms with E-state index in [-0.39, 0.29) is 29.8 Å². The van der Waals surface area contributed by atoms with E-state index in [1.807, 2.05) is 82.7 Å². The summed E-state index contributed by atoms with van der Waals surface area (Å²) in [7, 11) is 1.90. The van der Waals surface area contributed by atoms with E-state index < -0.39 is 41.2 Å². The molecule has 4 amide bonds. The Kier molecular flexibility index (Phi) is 12.2. The highest BCUT2D eigenvalue weighted by atomic mass is 35.5. The Balaban J connectivity index is 1.02. The van der Waals surface area contributed by atoms with Gasteiger partial charge in [-0.05, 0) is 107 Å². The summed E-state index contributed by atoms with van der Waals surface area (Å²) >= 11 is 7.20. The zero-order chi connectivity index (χ0) is 47.5. The van der Waals surface area contributed by atoms with E-state index in [1.165, 1.54) is 12.1 Å². The molecule has 0 aliphatic carbocycles. The lowest BCUT2D eigenvalue weighted by Crippen LogP contribution is -2.54. The van der Waals surface area contributed by atoms with Crippen molar-refractivity contribution in [3.05, 3.63) is 111 Å². The van der Waals surface area contributed by atoms with E-state index in [2.05, 4.69) is 19.7 Å². The highest BCUT2D eigenvalue weighted by molar-refractivity contribution is 6.35. The van der Waals surface area contributed by atoms with Crippen LogP contribution in [0.1, 0.15) is 88.2 Å². The molecular formula is C51H53ClFN7O7. The molecule has 1 N–H and O–H groups in total. The summed E-state index contributed by atoms with van der Waals surface area (Å²) in [6.45, 7) is 13.1. The maximum atomic E-state index is 14.7. The number of esters is 1. The zero-order valence-corrected chi connectivity index (χ0v) is 39.3. The summed E-state index contributed by atoms with van der Waals surface area (Å²) in [6.07, 6.45) is 1.16. The first-order chi connectivity index (χ1) is 32.0. The van der Waals surface area contributed by atoms with Crippen LogP contribution in [0.5, 0.6) is 5.75 Å². The van der Waals surface area contributed by atoms with E-state index in [4.69, 9.17) is 26.2 Å². The van der Waals surface area contributed by atoms with Crippen molar-refractivity contribution in [1.82, 2.24) is 29.5 Å². The number of hydrogen-bond acceptors (Lipinski definition) is 10. The van der Waals surface area contributed by atoms with Gasteiger partial charge in [0.1, 0.15) is 28.9 Å². The summed E-state index contributed by atoms with van der Waals surface area (Å²) in [4.78, 5) is 72.2. The molecule has 14 nitrogen and oxygen atoms in total. The van der Waals surface area contributed by atoms with Crippen molar-refractivity contribution in [1.29, 1.82) is 0 Å². The maximum Gasteiger partial charge on any atom is 0.355 e. The molecule has 67 heavy (non-hydrogen) atoms. The van der Waals surface area contributed by atoms with Crippen LogP contribution in [-0.4, -0.2) is 105 Å². The average Bonchev–Trinajstić information content (AvgIpc) is 3.84. The number of carbonyl (C=O) groups excluding carboxylic acids is 5. The van der Waals surface area contributed by atoms with Crippen molar-refractivity contribution in [3.8, 4) is 16.9 Å². The number of ether oxygens (including phenoxy) is 2. The predicted octanol–water partition coefficient (Wildman–Crippen LogP) is 7.79. The van der Waals surface area contributed by atoms with Crippen LogP contribution in [0, 0.1) is 19.7 Å². The van der Waals surface area contributed by atoms with Gasteiger partial charge >= 0.3 is 5.97 Å². The van der Waals surface area contributed by atoms with Gasteiger partial charge in [-0.2, -0.15) is 5.10 Å². The smallest absolute Gasteiger partial charge is 0.355 e. The molecule has 0 radical (unpaired) electrons. The number of aromatic nitrogens is 3. The molecule has 0 bridgehead atoms. The maximum absolute atomic E-state index is 14.7. The fourth-order valence-electron chi connectivity index (χ4n) is 9.90. The molecule has 9 rings (SSSR count). The Hall–Kier alpha value is -6.58. The minimum atomic E-state index is -1.05. The molecule has 0 saturated carbocycles. The van der Waals surface area contributed by atoms with Crippen LogP contribution in [0.25, 0.3) is 32.8 Å². The Bertz CT molecular complexity index is 3020. The summed E-state index contributed by atoms with van der Waals surface area (Å²) in [5.74, 6) is -2.28. The summed E-state index contributed by atoms with van der Waals surface area (Å²) < 4.78 is 30.4. The molecule has 348 valence electrons. The van der Waals surface area contributed by atoms with E-state index in [1.54, 1.807) is 18.2 Å². The highest BCUT2D eigenvalue weighted by Crippen LogP contribution is 2.43. The third-order valence-electron chi connectivity index (χ3n) is 13.1. The van der Waals surface area contributed by atoms with Crippen molar-refractivity contribution in [3.63, 3.8) is 0 Å². The first-order valence-corrected chi connectivity index (χ1v) is 23.1. The SMILES string of the molecule is Cc1nn(C)c(C)c1-c1c(Cl)ccc2c(CCCOc3cccc4cc(F)ccc34)c(C(=O)OC(C)(C)C)n(CCN3CCN(c4cccc5c4C(=O)N(C4CCC(=O)NC4=O)C5=O)CC3)c12. The minimum absolute atomic E-state index is 0.0431. The van der Waals surface area contributed by atoms with Crippen LogP contribution in [0.2, 0.25) is 5.02 Å². The number of piperidine rings is 1. The monoisotopic (exact) mass is 929 g/mol. The molecule has 0 spiro atoms. The Morgan fingerprint density at radius 3 is 2.36 bits per heavy atom. The normalized spacial score (nSPS) is 16.9. The van der Waals surface area contributed by atoms with E-state index in [0.29, 0.717) is 80.9 Å². The number of anilines is 1. The second-order valence-corrected chi connectivity index (χ2v) is 18.9. The zero-order valence-electron chi connectivity index (χ0n) is 38.5. The third kappa shape index (κ3) is 8.54. The molecule has 3 aliphatic rings. The lowest BCUT2D eigenvalue weighted by atomic mass is 9.98. The number of nitrogens with zero attached hydrogens (tertiary/aromatic N) is 6. The van der Waals surface area contributed by atoms with Crippen LogP contribution >= 0.6 is 11.6 Å². The van der Waals surface area contributed by atoms with Crippen LogP contribution in [0.3, 0.4) is 0 Å². The van der Waals surface area contributed by atoms with Gasteiger partial charge in [0, 0.05) is 80.3 Å².